The van der Waals surface area contributed by atoms with Crippen molar-refractivity contribution in [3.05, 3.63) is 0 Å². The fraction of sp³-hybridized carbons (Fsp3) is 1.00. The predicted octanol–water partition coefficient (Wildman–Crippen LogP) is 1.16. The molecule has 1 aliphatic rings. The quantitative estimate of drug-likeness (QED) is 0.549. The topological polar surface area (TPSA) is 21.3 Å². The van der Waals surface area contributed by atoms with Gasteiger partial charge in [-0.15, -0.1) is 0 Å². The molecule has 0 aromatic heterocycles. The average molecular weight is 143 g/mol. The number of nitrogens with one attached hydrogen (secondary N) is 1. The molecule has 0 radical (unpaired) electrons. The Bertz CT molecular complexity index is 112. The van der Waals surface area contributed by atoms with Crippen LogP contribution in [0.15, 0.2) is 0 Å². The second kappa shape index (κ2) is 2.89. The monoisotopic (exact) mass is 143 g/mol. The molecule has 1 unspecified atom stereocenters. The maximum absolute atomic E-state index is 5.38. The highest BCUT2D eigenvalue weighted by Crippen LogP contribution is 2.12. The first kappa shape index (κ1) is 8.02. The summed E-state index contributed by atoms with van der Waals surface area (Å²) in [5, 5.41) is 3.49. The summed E-state index contributed by atoms with van der Waals surface area (Å²) in [7, 11) is 0. The van der Waals surface area contributed by atoms with E-state index in [1.807, 2.05) is 0 Å². The predicted molar refractivity (Wildman–Crippen MR) is 42.1 cm³/mol. The van der Waals surface area contributed by atoms with Gasteiger partial charge in [-0.2, -0.15) is 0 Å². The molecule has 1 fully saturated rings. The lowest BCUT2D eigenvalue weighted by Crippen LogP contribution is -2.44. The summed E-state index contributed by atoms with van der Waals surface area (Å²) in [5.41, 5.74) is 0.260. The van der Waals surface area contributed by atoms with E-state index in [4.69, 9.17) is 4.74 Å². The lowest BCUT2D eigenvalue weighted by Gasteiger charge is -2.25. The second-order valence-electron chi connectivity index (χ2n) is 3.75. The van der Waals surface area contributed by atoms with Gasteiger partial charge in [-0.25, -0.2) is 0 Å². The molecular weight excluding hydrogens is 126 g/mol. The highest BCUT2D eigenvalue weighted by atomic mass is 16.5. The van der Waals surface area contributed by atoms with Gasteiger partial charge in [-0.05, 0) is 27.2 Å². The van der Waals surface area contributed by atoms with Crippen molar-refractivity contribution in [3.63, 3.8) is 0 Å². The minimum absolute atomic E-state index is 0.260. The highest BCUT2D eigenvalue weighted by Gasteiger charge is 2.22. The lowest BCUT2D eigenvalue weighted by molar-refractivity contribution is 0.133. The van der Waals surface area contributed by atoms with Crippen LogP contribution in [0.4, 0.5) is 0 Å². The summed E-state index contributed by atoms with van der Waals surface area (Å²) >= 11 is 0. The molecule has 0 aliphatic carbocycles. The van der Waals surface area contributed by atoms with Gasteiger partial charge in [0.05, 0.1) is 6.61 Å². The molecule has 0 aromatic carbocycles. The summed E-state index contributed by atoms with van der Waals surface area (Å²) in [6.45, 7) is 8.34. The zero-order valence-electron chi connectivity index (χ0n) is 7.11. The molecule has 2 heteroatoms. The highest BCUT2D eigenvalue weighted by molar-refractivity contribution is 4.82. The molecule has 0 bridgehead atoms. The van der Waals surface area contributed by atoms with Gasteiger partial charge in [-0.3, -0.25) is 0 Å². The molecule has 2 nitrogen and oxygen atoms in total. The van der Waals surface area contributed by atoms with E-state index in [1.165, 1.54) is 0 Å². The maximum Gasteiger partial charge on any atom is 0.0617 e. The van der Waals surface area contributed by atoms with E-state index in [0.29, 0.717) is 6.04 Å². The Hall–Kier alpha value is -0.0800. The van der Waals surface area contributed by atoms with Gasteiger partial charge in [0.15, 0.2) is 0 Å². The zero-order valence-corrected chi connectivity index (χ0v) is 7.11. The zero-order chi connectivity index (χ0) is 7.61. The van der Waals surface area contributed by atoms with Crippen LogP contribution in [-0.2, 0) is 4.74 Å². The van der Waals surface area contributed by atoms with E-state index >= 15 is 0 Å². The number of rotatable bonds is 0. The summed E-state index contributed by atoms with van der Waals surface area (Å²) in [6, 6.07) is 0.498. The van der Waals surface area contributed by atoms with Crippen LogP contribution in [0.25, 0.3) is 0 Å². The van der Waals surface area contributed by atoms with Gasteiger partial charge >= 0.3 is 0 Å². The van der Waals surface area contributed by atoms with Gasteiger partial charge in [-0.1, -0.05) is 0 Å². The van der Waals surface area contributed by atoms with Crippen LogP contribution in [0.5, 0.6) is 0 Å². The second-order valence-corrected chi connectivity index (χ2v) is 3.75. The summed E-state index contributed by atoms with van der Waals surface area (Å²) < 4.78 is 5.38. The first-order chi connectivity index (χ1) is 4.60. The van der Waals surface area contributed by atoms with E-state index in [1.54, 1.807) is 0 Å². The van der Waals surface area contributed by atoms with E-state index in [-0.39, 0.29) is 5.54 Å². The standard InChI is InChI=1S/C8H17NO/c1-7-6-10-5-4-8(2,3)9-7/h7,9H,4-6H2,1-3H3. The molecule has 1 rings (SSSR count). The molecular formula is C8H17NO. The van der Waals surface area contributed by atoms with Crippen molar-refractivity contribution < 1.29 is 4.74 Å². The number of hydrogen-bond donors (Lipinski definition) is 1. The molecule has 1 saturated heterocycles. The number of hydrogen-bond acceptors (Lipinski definition) is 2. The molecule has 1 heterocycles. The van der Waals surface area contributed by atoms with Crippen LogP contribution in [0.1, 0.15) is 27.2 Å². The Morgan fingerprint density at radius 3 is 2.90 bits per heavy atom. The minimum atomic E-state index is 0.260. The van der Waals surface area contributed by atoms with Gasteiger partial charge in [0, 0.05) is 18.2 Å². The molecule has 0 spiro atoms. The van der Waals surface area contributed by atoms with Crippen molar-refractivity contribution in [2.24, 2.45) is 0 Å². The van der Waals surface area contributed by atoms with Crippen LogP contribution in [-0.4, -0.2) is 24.8 Å². The van der Waals surface area contributed by atoms with Crippen molar-refractivity contribution in [2.45, 2.75) is 38.8 Å². The van der Waals surface area contributed by atoms with Crippen LogP contribution in [0, 0.1) is 0 Å². The first-order valence-corrected chi connectivity index (χ1v) is 3.96. The first-order valence-electron chi connectivity index (χ1n) is 3.96. The fourth-order valence-electron chi connectivity index (χ4n) is 1.37. The molecule has 0 amide bonds. The van der Waals surface area contributed by atoms with E-state index < -0.39 is 0 Å². The lowest BCUT2D eigenvalue weighted by atomic mass is 10.0. The Kier molecular flexibility index (Phi) is 2.32. The average Bonchev–Trinajstić information content (AvgIpc) is 1.90. The van der Waals surface area contributed by atoms with Crippen molar-refractivity contribution in [1.29, 1.82) is 0 Å². The number of ether oxygens (including phenoxy) is 1. The molecule has 0 aromatic rings. The van der Waals surface area contributed by atoms with Crippen LogP contribution in [0.2, 0.25) is 0 Å². The van der Waals surface area contributed by atoms with Gasteiger partial charge < -0.3 is 10.1 Å². The van der Waals surface area contributed by atoms with Crippen LogP contribution >= 0.6 is 0 Å². The minimum Gasteiger partial charge on any atom is -0.380 e. The normalized spacial score (nSPS) is 33.3. The van der Waals surface area contributed by atoms with Crippen molar-refractivity contribution in [1.82, 2.24) is 5.32 Å². The molecule has 60 valence electrons. The van der Waals surface area contributed by atoms with Crippen molar-refractivity contribution >= 4 is 0 Å². The van der Waals surface area contributed by atoms with Crippen LogP contribution in [0.3, 0.4) is 0 Å². The largest absolute Gasteiger partial charge is 0.380 e. The maximum atomic E-state index is 5.38. The van der Waals surface area contributed by atoms with Gasteiger partial charge in [0.1, 0.15) is 0 Å². The van der Waals surface area contributed by atoms with Crippen molar-refractivity contribution in [2.75, 3.05) is 13.2 Å². The van der Waals surface area contributed by atoms with Crippen molar-refractivity contribution in [3.8, 4) is 0 Å². The molecule has 1 N–H and O–H groups in total. The van der Waals surface area contributed by atoms with E-state index in [0.717, 1.165) is 19.6 Å². The Morgan fingerprint density at radius 1 is 1.50 bits per heavy atom. The third-order valence-corrected chi connectivity index (χ3v) is 1.88. The molecule has 10 heavy (non-hydrogen) atoms. The van der Waals surface area contributed by atoms with Crippen LogP contribution < -0.4 is 5.32 Å². The van der Waals surface area contributed by atoms with Gasteiger partial charge in [0.25, 0.3) is 0 Å². The van der Waals surface area contributed by atoms with Gasteiger partial charge in [0.2, 0.25) is 0 Å². The third kappa shape index (κ3) is 2.27. The molecule has 1 atom stereocenters. The Labute approximate surface area is 63.0 Å². The fourth-order valence-corrected chi connectivity index (χ4v) is 1.37. The van der Waals surface area contributed by atoms with E-state index in [2.05, 4.69) is 26.1 Å². The Morgan fingerprint density at radius 2 is 2.20 bits per heavy atom. The summed E-state index contributed by atoms with van der Waals surface area (Å²) in [6.07, 6.45) is 1.11. The summed E-state index contributed by atoms with van der Waals surface area (Å²) in [4.78, 5) is 0. The van der Waals surface area contributed by atoms with E-state index in [9.17, 15) is 0 Å². The molecule has 1 aliphatic heterocycles. The summed E-state index contributed by atoms with van der Waals surface area (Å²) in [5.74, 6) is 0. The smallest absolute Gasteiger partial charge is 0.0617 e. The Balaban J connectivity index is 2.46. The SMILES string of the molecule is CC1COCCC(C)(C)N1. The molecule has 0 saturated carbocycles. The third-order valence-electron chi connectivity index (χ3n) is 1.88.